The van der Waals surface area contributed by atoms with E-state index in [-0.39, 0.29) is 0 Å². The van der Waals surface area contributed by atoms with Crippen LogP contribution in [0.3, 0.4) is 0 Å². The van der Waals surface area contributed by atoms with Crippen LogP contribution in [-0.2, 0) is 0 Å². The van der Waals surface area contributed by atoms with Crippen LogP contribution in [0.5, 0.6) is 0 Å². The first kappa shape index (κ1) is 16.2. The molecule has 3 saturated carbocycles. The van der Waals surface area contributed by atoms with Crippen molar-refractivity contribution in [1.82, 2.24) is 10.6 Å². The third kappa shape index (κ3) is 5.21. The van der Waals surface area contributed by atoms with Crippen LogP contribution in [0.2, 0.25) is 0 Å². The predicted octanol–water partition coefficient (Wildman–Crippen LogP) is 5.25. The van der Waals surface area contributed by atoms with Gasteiger partial charge in [0.1, 0.15) is 0 Å². The third-order valence-corrected chi connectivity index (χ3v) is 5.98. The lowest BCUT2D eigenvalue weighted by molar-refractivity contribution is 0.348. The molecular weight excluding hydrogens is 268 g/mol. The van der Waals surface area contributed by atoms with Gasteiger partial charge in [0, 0.05) is 12.1 Å². The van der Waals surface area contributed by atoms with Crippen molar-refractivity contribution < 1.29 is 0 Å². The van der Waals surface area contributed by atoms with Crippen molar-refractivity contribution in [1.29, 1.82) is 0 Å². The zero-order chi connectivity index (χ0) is 15.0. The van der Waals surface area contributed by atoms with Gasteiger partial charge in [-0.3, -0.25) is 0 Å². The molecule has 126 valence electrons. The van der Waals surface area contributed by atoms with Crippen molar-refractivity contribution in [3.8, 4) is 0 Å². The van der Waals surface area contributed by atoms with Gasteiger partial charge in [0.15, 0.2) is 0 Å². The molecule has 0 bridgehead atoms. The molecule has 22 heavy (non-hydrogen) atoms. The summed E-state index contributed by atoms with van der Waals surface area (Å²) in [7, 11) is 0. The maximum atomic E-state index is 3.90. The van der Waals surface area contributed by atoms with Crippen LogP contribution in [0.15, 0.2) is 11.9 Å². The SMILES string of the molecule is C(=C(NC1CCCCC1)NC1CCCCC1)C1CCCCC1. The molecule has 2 N–H and O–H groups in total. The summed E-state index contributed by atoms with van der Waals surface area (Å²) in [5.74, 6) is 2.21. The Morgan fingerprint density at radius 3 is 1.41 bits per heavy atom. The minimum absolute atomic E-state index is 0.722. The Hall–Kier alpha value is -0.660. The molecule has 0 saturated heterocycles. The van der Waals surface area contributed by atoms with E-state index in [0.29, 0.717) is 0 Å². The van der Waals surface area contributed by atoms with E-state index in [1.54, 1.807) is 0 Å². The Kier molecular flexibility index (Phi) is 6.51. The van der Waals surface area contributed by atoms with Crippen LogP contribution >= 0.6 is 0 Å². The van der Waals surface area contributed by atoms with E-state index in [1.165, 1.54) is 102 Å². The maximum absolute atomic E-state index is 3.90. The van der Waals surface area contributed by atoms with Gasteiger partial charge in [-0.05, 0) is 50.5 Å². The fourth-order valence-corrected chi connectivity index (χ4v) is 4.61. The van der Waals surface area contributed by atoms with Gasteiger partial charge < -0.3 is 10.6 Å². The number of allylic oxidation sites excluding steroid dienone is 1. The second-order valence-electron chi connectivity index (χ2n) is 7.94. The molecule has 0 atom stereocenters. The third-order valence-electron chi connectivity index (χ3n) is 5.98. The summed E-state index contributed by atoms with van der Waals surface area (Å²) >= 11 is 0. The summed E-state index contributed by atoms with van der Waals surface area (Å²) in [4.78, 5) is 0. The molecule has 3 fully saturated rings. The van der Waals surface area contributed by atoms with E-state index >= 15 is 0 Å². The van der Waals surface area contributed by atoms with Crippen molar-refractivity contribution >= 4 is 0 Å². The minimum atomic E-state index is 0.722. The standard InChI is InChI=1S/C20H36N2/c1-4-10-17(11-5-1)16-20(21-18-12-6-2-7-13-18)22-19-14-8-3-9-15-19/h16-19,21-22H,1-15H2. The van der Waals surface area contributed by atoms with Crippen LogP contribution in [0.25, 0.3) is 0 Å². The number of hydrogen-bond donors (Lipinski definition) is 2. The molecule has 0 aromatic carbocycles. The molecule has 2 nitrogen and oxygen atoms in total. The maximum Gasteiger partial charge on any atom is 0.0952 e. The molecule has 0 aliphatic heterocycles. The zero-order valence-electron chi connectivity index (χ0n) is 14.4. The van der Waals surface area contributed by atoms with Gasteiger partial charge in [0.05, 0.1) is 5.82 Å². The van der Waals surface area contributed by atoms with Gasteiger partial charge in [-0.25, -0.2) is 0 Å². The largest absolute Gasteiger partial charge is 0.369 e. The molecule has 3 aliphatic carbocycles. The summed E-state index contributed by atoms with van der Waals surface area (Å²) in [5, 5.41) is 7.80. The van der Waals surface area contributed by atoms with Gasteiger partial charge in [-0.1, -0.05) is 57.8 Å². The summed E-state index contributed by atoms with van der Waals surface area (Å²) < 4.78 is 0. The van der Waals surface area contributed by atoms with E-state index in [1.807, 2.05) is 0 Å². The lowest BCUT2D eigenvalue weighted by Crippen LogP contribution is -2.41. The molecule has 0 unspecified atom stereocenters. The number of rotatable bonds is 5. The molecule has 3 aliphatic rings. The Labute approximate surface area is 137 Å². The van der Waals surface area contributed by atoms with Crippen molar-refractivity contribution in [2.45, 2.75) is 108 Å². The van der Waals surface area contributed by atoms with Gasteiger partial charge in [-0.15, -0.1) is 0 Å². The smallest absolute Gasteiger partial charge is 0.0952 e. The first-order valence-electron chi connectivity index (χ1n) is 10.1. The predicted molar refractivity (Wildman–Crippen MR) is 94.7 cm³/mol. The van der Waals surface area contributed by atoms with Gasteiger partial charge in [-0.2, -0.15) is 0 Å². The van der Waals surface area contributed by atoms with Crippen LogP contribution in [-0.4, -0.2) is 12.1 Å². The molecule has 0 radical (unpaired) electrons. The summed E-state index contributed by atoms with van der Waals surface area (Å²) in [5.41, 5.74) is 0. The lowest BCUT2D eigenvalue weighted by Gasteiger charge is -2.31. The number of hydrogen-bond acceptors (Lipinski definition) is 2. The average molecular weight is 305 g/mol. The first-order chi connectivity index (χ1) is 10.9. The molecule has 0 aromatic heterocycles. The molecule has 0 heterocycles. The molecule has 3 rings (SSSR count). The zero-order valence-corrected chi connectivity index (χ0v) is 14.4. The molecule has 0 amide bonds. The van der Waals surface area contributed by atoms with Crippen LogP contribution in [0.1, 0.15) is 96.3 Å². The van der Waals surface area contributed by atoms with Crippen LogP contribution in [0, 0.1) is 5.92 Å². The van der Waals surface area contributed by atoms with E-state index in [4.69, 9.17) is 0 Å². The highest BCUT2D eigenvalue weighted by atomic mass is 15.1. The topological polar surface area (TPSA) is 24.1 Å². The van der Waals surface area contributed by atoms with E-state index in [2.05, 4.69) is 16.7 Å². The van der Waals surface area contributed by atoms with Crippen LogP contribution in [0.4, 0.5) is 0 Å². The van der Waals surface area contributed by atoms with Crippen molar-refractivity contribution in [2.75, 3.05) is 0 Å². The fourth-order valence-electron chi connectivity index (χ4n) is 4.61. The van der Waals surface area contributed by atoms with E-state index in [0.717, 1.165) is 18.0 Å². The number of nitrogens with one attached hydrogen (secondary N) is 2. The molecule has 0 spiro atoms. The second-order valence-corrected chi connectivity index (χ2v) is 7.94. The Morgan fingerprint density at radius 1 is 0.545 bits per heavy atom. The normalized spacial score (nSPS) is 25.6. The van der Waals surface area contributed by atoms with Crippen molar-refractivity contribution in [3.63, 3.8) is 0 Å². The lowest BCUT2D eigenvalue weighted by atomic mass is 9.88. The Bertz CT molecular complexity index is 310. The van der Waals surface area contributed by atoms with Crippen molar-refractivity contribution in [2.24, 2.45) is 5.92 Å². The fraction of sp³-hybridized carbons (Fsp3) is 0.900. The Morgan fingerprint density at radius 2 is 0.955 bits per heavy atom. The molecular formula is C20H36N2. The highest BCUT2D eigenvalue weighted by Crippen LogP contribution is 2.26. The summed E-state index contributed by atoms with van der Waals surface area (Å²) in [6, 6.07) is 1.44. The van der Waals surface area contributed by atoms with Crippen LogP contribution < -0.4 is 10.6 Å². The van der Waals surface area contributed by atoms with Gasteiger partial charge >= 0.3 is 0 Å². The first-order valence-corrected chi connectivity index (χ1v) is 10.1. The Balaban J connectivity index is 1.59. The minimum Gasteiger partial charge on any atom is -0.369 e. The average Bonchev–Trinajstić information content (AvgIpc) is 2.57. The summed E-state index contributed by atoms with van der Waals surface area (Å²) in [6.45, 7) is 0. The highest BCUT2D eigenvalue weighted by molar-refractivity contribution is 5.05. The highest BCUT2D eigenvalue weighted by Gasteiger charge is 2.19. The molecule has 0 aromatic rings. The summed E-state index contributed by atoms with van der Waals surface area (Å²) in [6.07, 6.45) is 23.7. The van der Waals surface area contributed by atoms with Crippen molar-refractivity contribution in [3.05, 3.63) is 11.9 Å². The van der Waals surface area contributed by atoms with E-state index < -0.39 is 0 Å². The van der Waals surface area contributed by atoms with Gasteiger partial charge in [0.25, 0.3) is 0 Å². The monoisotopic (exact) mass is 304 g/mol. The second kappa shape index (κ2) is 8.84. The van der Waals surface area contributed by atoms with E-state index in [9.17, 15) is 0 Å². The molecule has 2 heteroatoms. The van der Waals surface area contributed by atoms with Gasteiger partial charge in [0.2, 0.25) is 0 Å². The quantitative estimate of drug-likeness (QED) is 0.724.